The van der Waals surface area contributed by atoms with Gasteiger partial charge in [-0.3, -0.25) is 9.69 Å². The van der Waals surface area contributed by atoms with Crippen LogP contribution >= 0.6 is 0 Å². The van der Waals surface area contributed by atoms with E-state index in [1.807, 2.05) is 26.0 Å². The van der Waals surface area contributed by atoms with Crippen molar-refractivity contribution in [2.24, 2.45) is 5.92 Å². The third kappa shape index (κ3) is 4.29. The van der Waals surface area contributed by atoms with Crippen LogP contribution in [0, 0.1) is 11.7 Å². The van der Waals surface area contributed by atoms with Crippen molar-refractivity contribution in [3.8, 4) is 0 Å². The quantitative estimate of drug-likeness (QED) is 0.836. The SMILES string of the molecule is CCC(CC)C(=O)NCC(c1ccc(F)cc1)N1CCCC1. The zero-order valence-electron chi connectivity index (χ0n) is 13.6. The van der Waals surface area contributed by atoms with Crippen molar-refractivity contribution in [1.29, 1.82) is 0 Å². The first kappa shape index (κ1) is 16.9. The van der Waals surface area contributed by atoms with Crippen LogP contribution in [-0.2, 0) is 4.79 Å². The third-order valence-corrected chi connectivity index (χ3v) is 4.66. The molecule has 0 spiro atoms. The molecule has 3 nitrogen and oxygen atoms in total. The van der Waals surface area contributed by atoms with Gasteiger partial charge in [-0.15, -0.1) is 0 Å². The minimum atomic E-state index is -0.218. The van der Waals surface area contributed by atoms with Crippen LogP contribution < -0.4 is 5.32 Å². The Bertz CT molecular complexity index is 464. The Balaban J connectivity index is 2.05. The van der Waals surface area contributed by atoms with Gasteiger partial charge in [0.05, 0.1) is 6.04 Å². The zero-order chi connectivity index (χ0) is 15.9. The zero-order valence-corrected chi connectivity index (χ0v) is 13.6. The van der Waals surface area contributed by atoms with E-state index in [-0.39, 0.29) is 23.7 Å². The van der Waals surface area contributed by atoms with Crippen molar-refractivity contribution >= 4 is 5.91 Å². The molecule has 1 aromatic carbocycles. The maximum Gasteiger partial charge on any atom is 0.223 e. The van der Waals surface area contributed by atoms with E-state index in [1.165, 1.54) is 25.0 Å². The molecule has 0 aliphatic carbocycles. The fourth-order valence-corrected chi connectivity index (χ4v) is 3.20. The summed E-state index contributed by atoms with van der Waals surface area (Å²) in [5, 5.41) is 3.10. The molecule has 1 heterocycles. The first-order valence-electron chi connectivity index (χ1n) is 8.42. The van der Waals surface area contributed by atoms with E-state index >= 15 is 0 Å². The second-order valence-corrected chi connectivity index (χ2v) is 6.07. The lowest BCUT2D eigenvalue weighted by Crippen LogP contribution is -2.39. The van der Waals surface area contributed by atoms with Gasteiger partial charge in [-0.25, -0.2) is 4.39 Å². The molecule has 1 amide bonds. The summed E-state index contributed by atoms with van der Waals surface area (Å²) in [5.41, 5.74) is 1.08. The molecule has 1 saturated heterocycles. The van der Waals surface area contributed by atoms with E-state index in [2.05, 4.69) is 10.2 Å². The van der Waals surface area contributed by atoms with Crippen LogP contribution in [0.25, 0.3) is 0 Å². The van der Waals surface area contributed by atoms with Gasteiger partial charge in [-0.1, -0.05) is 26.0 Å². The van der Waals surface area contributed by atoms with E-state index in [1.54, 1.807) is 0 Å². The highest BCUT2D eigenvalue weighted by Crippen LogP contribution is 2.25. The normalized spacial score (nSPS) is 16.9. The lowest BCUT2D eigenvalue weighted by Gasteiger charge is -2.29. The van der Waals surface area contributed by atoms with Gasteiger partial charge >= 0.3 is 0 Å². The fraction of sp³-hybridized carbons (Fsp3) is 0.611. The molecule has 1 N–H and O–H groups in total. The number of hydrogen-bond donors (Lipinski definition) is 1. The van der Waals surface area contributed by atoms with Crippen LogP contribution in [0.2, 0.25) is 0 Å². The minimum Gasteiger partial charge on any atom is -0.354 e. The Morgan fingerprint density at radius 2 is 1.77 bits per heavy atom. The summed E-state index contributed by atoms with van der Waals surface area (Å²) >= 11 is 0. The van der Waals surface area contributed by atoms with Crippen molar-refractivity contribution in [2.45, 2.75) is 45.6 Å². The maximum absolute atomic E-state index is 13.2. The summed E-state index contributed by atoms with van der Waals surface area (Å²) in [6.45, 7) is 6.78. The Morgan fingerprint density at radius 3 is 2.32 bits per heavy atom. The number of hydrogen-bond acceptors (Lipinski definition) is 2. The first-order chi connectivity index (χ1) is 10.7. The number of likely N-dealkylation sites (tertiary alicyclic amines) is 1. The first-order valence-corrected chi connectivity index (χ1v) is 8.42. The standard InChI is InChI=1S/C18H27FN2O/c1-3-14(4-2)18(22)20-13-17(21-11-5-6-12-21)15-7-9-16(19)10-8-15/h7-10,14,17H,3-6,11-13H2,1-2H3,(H,20,22). The molecule has 1 fully saturated rings. The van der Waals surface area contributed by atoms with Crippen LogP contribution in [0.3, 0.4) is 0 Å². The fourth-order valence-electron chi connectivity index (χ4n) is 3.20. The molecule has 0 radical (unpaired) electrons. The van der Waals surface area contributed by atoms with Gasteiger partial charge in [0, 0.05) is 12.5 Å². The number of benzene rings is 1. The summed E-state index contributed by atoms with van der Waals surface area (Å²) in [4.78, 5) is 14.6. The molecule has 22 heavy (non-hydrogen) atoms. The Morgan fingerprint density at radius 1 is 1.18 bits per heavy atom. The molecule has 0 bridgehead atoms. The highest BCUT2D eigenvalue weighted by atomic mass is 19.1. The number of carbonyl (C=O) groups is 1. The van der Waals surface area contributed by atoms with Gasteiger partial charge in [-0.2, -0.15) is 0 Å². The molecular weight excluding hydrogens is 279 g/mol. The van der Waals surface area contributed by atoms with Crippen molar-refractivity contribution in [2.75, 3.05) is 19.6 Å². The minimum absolute atomic E-state index is 0.0902. The topological polar surface area (TPSA) is 32.3 Å². The van der Waals surface area contributed by atoms with E-state index in [0.29, 0.717) is 6.54 Å². The monoisotopic (exact) mass is 306 g/mol. The molecule has 1 aliphatic rings. The maximum atomic E-state index is 13.2. The van der Waals surface area contributed by atoms with Gasteiger partial charge < -0.3 is 5.32 Å². The molecule has 2 rings (SSSR count). The molecule has 4 heteroatoms. The summed E-state index contributed by atoms with van der Waals surface area (Å²) in [5.74, 6) is 0.00809. The summed E-state index contributed by atoms with van der Waals surface area (Å²) in [6.07, 6.45) is 4.12. The predicted molar refractivity (Wildman–Crippen MR) is 87.0 cm³/mol. The van der Waals surface area contributed by atoms with Gasteiger partial charge in [0.1, 0.15) is 5.82 Å². The highest BCUT2D eigenvalue weighted by Gasteiger charge is 2.25. The van der Waals surface area contributed by atoms with E-state index in [4.69, 9.17) is 0 Å². The number of halogens is 1. The largest absolute Gasteiger partial charge is 0.354 e. The van der Waals surface area contributed by atoms with Crippen molar-refractivity contribution < 1.29 is 9.18 Å². The Hall–Kier alpha value is -1.42. The number of rotatable bonds is 7. The van der Waals surface area contributed by atoms with E-state index < -0.39 is 0 Å². The van der Waals surface area contributed by atoms with Gasteiger partial charge in [0.25, 0.3) is 0 Å². The number of carbonyl (C=O) groups excluding carboxylic acids is 1. The molecule has 122 valence electrons. The third-order valence-electron chi connectivity index (χ3n) is 4.66. The number of amides is 1. The van der Waals surface area contributed by atoms with Gasteiger partial charge in [0.2, 0.25) is 5.91 Å². The molecule has 0 aromatic heterocycles. The molecule has 1 unspecified atom stereocenters. The summed E-state index contributed by atoms with van der Waals surface area (Å²) in [6, 6.07) is 6.81. The molecule has 1 atom stereocenters. The average Bonchev–Trinajstić information content (AvgIpc) is 3.04. The molecule has 1 aliphatic heterocycles. The number of nitrogens with zero attached hydrogens (tertiary/aromatic N) is 1. The summed E-state index contributed by atoms with van der Waals surface area (Å²) in [7, 11) is 0. The Kier molecular flexibility index (Phi) is 6.37. The second kappa shape index (κ2) is 8.28. The van der Waals surface area contributed by atoms with Gasteiger partial charge in [-0.05, 0) is 56.5 Å². The number of nitrogens with one attached hydrogen (secondary N) is 1. The van der Waals surface area contributed by atoms with Gasteiger partial charge in [0.15, 0.2) is 0 Å². The van der Waals surface area contributed by atoms with Crippen LogP contribution in [-0.4, -0.2) is 30.4 Å². The van der Waals surface area contributed by atoms with Crippen LogP contribution in [0.1, 0.15) is 51.1 Å². The molecule has 0 saturated carbocycles. The smallest absolute Gasteiger partial charge is 0.223 e. The second-order valence-electron chi connectivity index (χ2n) is 6.07. The van der Waals surface area contributed by atoms with Crippen molar-refractivity contribution in [3.05, 3.63) is 35.6 Å². The van der Waals surface area contributed by atoms with Crippen LogP contribution in [0.5, 0.6) is 0 Å². The molecule has 1 aromatic rings. The Labute approximate surface area is 132 Å². The highest BCUT2D eigenvalue weighted by molar-refractivity contribution is 5.78. The van der Waals surface area contributed by atoms with Crippen molar-refractivity contribution in [3.63, 3.8) is 0 Å². The lowest BCUT2D eigenvalue weighted by atomic mass is 10.0. The van der Waals surface area contributed by atoms with Crippen LogP contribution in [0.4, 0.5) is 4.39 Å². The van der Waals surface area contributed by atoms with Crippen LogP contribution in [0.15, 0.2) is 24.3 Å². The lowest BCUT2D eigenvalue weighted by molar-refractivity contribution is -0.125. The molecular formula is C18H27FN2O. The van der Waals surface area contributed by atoms with E-state index in [9.17, 15) is 9.18 Å². The van der Waals surface area contributed by atoms with Crippen molar-refractivity contribution in [1.82, 2.24) is 10.2 Å². The summed E-state index contributed by atoms with van der Waals surface area (Å²) < 4.78 is 13.2. The average molecular weight is 306 g/mol. The van der Waals surface area contributed by atoms with E-state index in [0.717, 1.165) is 31.5 Å². The predicted octanol–water partition coefficient (Wildman–Crippen LogP) is 3.52.